The molecule has 2 fully saturated rings. The molecule has 2 aliphatic rings. The van der Waals surface area contributed by atoms with E-state index in [4.69, 9.17) is 10.1 Å². The largest absolute Gasteiger partial charge is 0.273 e. The predicted octanol–water partition coefficient (Wildman–Crippen LogP) is 3.92. The maximum absolute atomic E-state index is 13.5. The molecule has 0 aliphatic carbocycles. The molecule has 31 heavy (non-hydrogen) atoms. The second-order valence-corrected chi connectivity index (χ2v) is 7.74. The first-order valence-electron chi connectivity index (χ1n) is 10.0. The van der Waals surface area contributed by atoms with E-state index in [1.807, 2.05) is 61.5 Å². The molecule has 6 heteroatoms. The molecule has 3 aromatic carbocycles. The van der Waals surface area contributed by atoms with E-state index in [1.54, 1.807) is 29.3 Å². The van der Waals surface area contributed by atoms with Gasteiger partial charge in [0.1, 0.15) is 5.92 Å². The van der Waals surface area contributed by atoms with E-state index in [-0.39, 0.29) is 11.8 Å². The summed E-state index contributed by atoms with van der Waals surface area (Å²) in [5, 5.41) is 10.8. The highest BCUT2D eigenvalue weighted by Gasteiger charge is 2.60. The highest BCUT2D eigenvalue weighted by Crippen LogP contribution is 2.47. The third-order valence-electron chi connectivity index (χ3n) is 5.80. The number of aryl methyl sites for hydroxylation is 1. The summed E-state index contributed by atoms with van der Waals surface area (Å²) in [5.41, 5.74) is 3.69. The fourth-order valence-electron chi connectivity index (χ4n) is 4.26. The van der Waals surface area contributed by atoms with Crippen LogP contribution in [0.3, 0.4) is 0 Å². The first-order valence-corrected chi connectivity index (χ1v) is 10.0. The molecule has 5 rings (SSSR count). The van der Waals surface area contributed by atoms with E-state index < -0.39 is 18.1 Å². The Morgan fingerprint density at radius 1 is 0.839 bits per heavy atom. The van der Waals surface area contributed by atoms with Crippen molar-refractivity contribution in [2.75, 3.05) is 9.96 Å². The number of benzene rings is 3. The van der Waals surface area contributed by atoms with E-state index in [0.29, 0.717) is 11.3 Å². The van der Waals surface area contributed by atoms with Crippen LogP contribution in [-0.4, -0.2) is 17.9 Å². The van der Waals surface area contributed by atoms with Gasteiger partial charge in [0.25, 0.3) is 5.91 Å². The molecule has 0 radical (unpaired) electrons. The normalized spacial score (nSPS) is 22.5. The summed E-state index contributed by atoms with van der Waals surface area (Å²) in [4.78, 5) is 34.1. The summed E-state index contributed by atoms with van der Waals surface area (Å²) in [5.74, 6) is -1.34. The van der Waals surface area contributed by atoms with Gasteiger partial charge in [0.05, 0.1) is 29.0 Å². The molecular formula is C25H19N3O3. The minimum absolute atomic E-state index is 0.286. The number of fused-ring (bicyclic) bond motifs is 1. The van der Waals surface area contributed by atoms with E-state index in [1.165, 1.54) is 4.90 Å². The van der Waals surface area contributed by atoms with Gasteiger partial charge in [-0.05, 0) is 48.9 Å². The summed E-state index contributed by atoms with van der Waals surface area (Å²) in [6.07, 6.45) is -0.908. The molecule has 0 N–H and O–H groups in total. The molecule has 0 unspecified atom stereocenters. The molecule has 0 spiro atoms. The summed E-state index contributed by atoms with van der Waals surface area (Å²) < 4.78 is 0. The van der Waals surface area contributed by atoms with Gasteiger partial charge >= 0.3 is 0 Å². The van der Waals surface area contributed by atoms with Crippen molar-refractivity contribution in [3.05, 3.63) is 95.6 Å². The van der Waals surface area contributed by atoms with Gasteiger partial charge in [0, 0.05) is 0 Å². The molecule has 0 aromatic heterocycles. The van der Waals surface area contributed by atoms with Gasteiger partial charge in [-0.15, -0.1) is 0 Å². The standard InChI is InChI=1S/C25H19N3O3/c1-16-7-13-19(14-8-16)27-24(29)21-22(18-11-9-17(15-26)10-12-18)28(31-23(21)25(27)30)20-5-3-2-4-6-20/h2-14,21-23H,1H3/t21-,22-,23+/m0/s1. The molecule has 3 aromatic rings. The Kier molecular flexibility index (Phi) is 4.54. The number of nitriles is 1. The van der Waals surface area contributed by atoms with Gasteiger partial charge in [-0.2, -0.15) is 5.26 Å². The summed E-state index contributed by atoms with van der Waals surface area (Å²) in [6.45, 7) is 1.95. The van der Waals surface area contributed by atoms with E-state index >= 15 is 0 Å². The number of anilines is 2. The van der Waals surface area contributed by atoms with Crippen LogP contribution in [0.25, 0.3) is 0 Å². The number of hydrogen-bond acceptors (Lipinski definition) is 5. The lowest BCUT2D eigenvalue weighted by Crippen LogP contribution is -2.37. The number of hydroxylamine groups is 1. The van der Waals surface area contributed by atoms with Gasteiger partial charge in [0.2, 0.25) is 5.91 Å². The molecule has 2 saturated heterocycles. The fraction of sp³-hybridized carbons (Fsp3) is 0.160. The average molecular weight is 409 g/mol. The van der Waals surface area contributed by atoms with Crippen molar-refractivity contribution >= 4 is 23.2 Å². The lowest BCUT2D eigenvalue weighted by atomic mass is 9.90. The van der Waals surface area contributed by atoms with Crippen LogP contribution in [0.15, 0.2) is 78.9 Å². The molecular weight excluding hydrogens is 390 g/mol. The van der Waals surface area contributed by atoms with Crippen LogP contribution in [-0.2, 0) is 14.4 Å². The third-order valence-corrected chi connectivity index (χ3v) is 5.80. The average Bonchev–Trinajstić information content (AvgIpc) is 3.31. The maximum Gasteiger partial charge on any atom is 0.266 e. The molecule has 2 aliphatic heterocycles. The van der Waals surface area contributed by atoms with Crippen LogP contribution >= 0.6 is 0 Å². The van der Waals surface area contributed by atoms with Gasteiger partial charge in [-0.25, -0.2) is 9.96 Å². The fourth-order valence-corrected chi connectivity index (χ4v) is 4.26. The molecule has 2 amide bonds. The lowest BCUT2D eigenvalue weighted by molar-refractivity contribution is -0.126. The highest BCUT2D eigenvalue weighted by molar-refractivity contribution is 6.23. The number of hydrogen-bond donors (Lipinski definition) is 0. The van der Waals surface area contributed by atoms with Crippen molar-refractivity contribution in [3.63, 3.8) is 0 Å². The maximum atomic E-state index is 13.5. The second kappa shape index (κ2) is 7.38. The predicted molar refractivity (Wildman–Crippen MR) is 115 cm³/mol. The Morgan fingerprint density at radius 3 is 2.16 bits per heavy atom. The topological polar surface area (TPSA) is 73.6 Å². The van der Waals surface area contributed by atoms with E-state index in [9.17, 15) is 9.59 Å². The Bertz CT molecular complexity index is 1180. The zero-order valence-electron chi connectivity index (χ0n) is 16.8. The van der Waals surface area contributed by atoms with Crippen molar-refractivity contribution < 1.29 is 14.4 Å². The Morgan fingerprint density at radius 2 is 1.52 bits per heavy atom. The molecule has 2 heterocycles. The zero-order chi connectivity index (χ0) is 21.5. The molecule has 6 nitrogen and oxygen atoms in total. The van der Waals surface area contributed by atoms with Gasteiger partial charge < -0.3 is 0 Å². The summed E-state index contributed by atoms with van der Waals surface area (Å²) in [7, 11) is 0. The highest BCUT2D eigenvalue weighted by atomic mass is 16.7. The molecule has 152 valence electrons. The number of amides is 2. The van der Waals surface area contributed by atoms with Crippen molar-refractivity contribution in [3.8, 4) is 6.07 Å². The zero-order valence-corrected chi connectivity index (χ0v) is 16.8. The lowest BCUT2D eigenvalue weighted by Gasteiger charge is -2.28. The van der Waals surface area contributed by atoms with Crippen molar-refractivity contribution in [2.45, 2.75) is 19.1 Å². The monoisotopic (exact) mass is 409 g/mol. The molecule has 0 saturated carbocycles. The van der Waals surface area contributed by atoms with Crippen molar-refractivity contribution in [2.24, 2.45) is 5.92 Å². The minimum Gasteiger partial charge on any atom is -0.273 e. The van der Waals surface area contributed by atoms with Gasteiger partial charge in [0.15, 0.2) is 6.10 Å². The number of rotatable bonds is 3. The Balaban J connectivity index is 1.58. The van der Waals surface area contributed by atoms with Crippen LogP contribution < -0.4 is 9.96 Å². The van der Waals surface area contributed by atoms with Crippen LogP contribution in [0.5, 0.6) is 0 Å². The quantitative estimate of drug-likeness (QED) is 0.613. The van der Waals surface area contributed by atoms with Crippen LogP contribution in [0.4, 0.5) is 11.4 Å². The minimum atomic E-state index is -0.908. The Labute approximate surface area is 179 Å². The SMILES string of the molecule is Cc1ccc(N2C(=O)[C@@H]3[C@@H](ON(c4ccccc4)[C@H]3c3ccc(C#N)cc3)C2=O)cc1. The third kappa shape index (κ3) is 3.07. The van der Waals surface area contributed by atoms with Crippen molar-refractivity contribution in [1.82, 2.24) is 0 Å². The van der Waals surface area contributed by atoms with Crippen LogP contribution in [0, 0.1) is 24.2 Å². The summed E-state index contributed by atoms with van der Waals surface area (Å²) in [6, 6.07) is 25.4. The number of nitrogens with zero attached hydrogens (tertiary/aromatic N) is 3. The van der Waals surface area contributed by atoms with Gasteiger partial charge in [-0.1, -0.05) is 48.0 Å². The number of carbonyl (C=O) groups is 2. The number of para-hydroxylation sites is 1. The molecule has 3 atom stereocenters. The van der Waals surface area contributed by atoms with Gasteiger partial charge in [-0.3, -0.25) is 14.4 Å². The van der Waals surface area contributed by atoms with Crippen LogP contribution in [0.2, 0.25) is 0 Å². The first-order chi connectivity index (χ1) is 15.1. The number of carbonyl (C=O) groups excluding carboxylic acids is 2. The summed E-state index contributed by atoms with van der Waals surface area (Å²) >= 11 is 0. The number of imide groups is 1. The molecule has 0 bridgehead atoms. The van der Waals surface area contributed by atoms with Crippen LogP contribution in [0.1, 0.15) is 22.7 Å². The smallest absolute Gasteiger partial charge is 0.266 e. The second-order valence-electron chi connectivity index (χ2n) is 7.74. The van der Waals surface area contributed by atoms with E-state index in [2.05, 4.69) is 6.07 Å². The Hall–Kier alpha value is -3.95. The first kappa shape index (κ1) is 19.0. The van der Waals surface area contributed by atoms with E-state index in [0.717, 1.165) is 16.8 Å². The van der Waals surface area contributed by atoms with Crippen molar-refractivity contribution in [1.29, 1.82) is 5.26 Å².